The fraction of sp³-hybridized carbons (Fsp3) is 0.138. The number of hydrogen-bond donors (Lipinski definition) is 2. The van der Waals surface area contributed by atoms with Gasteiger partial charge in [0, 0.05) is 34.8 Å². The van der Waals surface area contributed by atoms with Crippen molar-refractivity contribution in [3.8, 4) is 22.8 Å². The maximum absolute atomic E-state index is 13.5. The fourth-order valence-electron chi connectivity index (χ4n) is 4.14. The summed E-state index contributed by atoms with van der Waals surface area (Å²) in [6, 6.07) is 17.9. The third-order valence-corrected chi connectivity index (χ3v) is 6.30. The number of ketones is 1. The molecule has 0 fully saturated rings. The number of aromatic nitrogens is 2. The number of nitrogens with zero attached hydrogens (tertiary/aromatic N) is 2. The second-order valence-corrected chi connectivity index (χ2v) is 9.12. The van der Waals surface area contributed by atoms with Gasteiger partial charge in [-0.2, -0.15) is 0 Å². The van der Waals surface area contributed by atoms with Crippen LogP contribution in [0.1, 0.15) is 39.2 Å². The van der Waals surface area contributed by atoms with E-state index in [1.165, 1.54) is 38.3 Å². The van der Waals surface area contributed by atoms with E-state index < -0.39 is 17.5 Å². The van der Waals surface area contributed by atoms with E-state index in [9.17, 15) is 24.3 Å². The molecular weight excluding hydrogens is 522 g/mol. The minimum atomic E-state index is -1.12. The maximum Gasteiger partial charge on any atom is 0.268 e. The lowest BCUT2D eigenvalue weighted by Crippen LogP contribution is -2.36. The highest BCUT2D eigenvalue weighted by molar-refractivity contribution is 6.31. The number of benzene rings is 3. The van der Waals surface area contributed by atoms with E-state index in [2.05, 4.69) is 10.4 Å². The molecule has 39 heavy (non-hydrogen) atoms. The first-order valence-electron chi connectivity index (χ1n) is 11.8. The van der Waals surface area contributed by atoms with Gasteiger partial charge in [0.15, 0.2) is 12.1 Å². The van der Waals surface area contributed by atoms with Gasteiger partial charge in [0.2, 0.25) is 11.8 Å². The molecule has 0 radical (unpaired) electrons. The Kier molecular flexibility index (Phi) is 8.21. The number of aromatic hydroxyl groups is 1. The number of Topliss-reactive ketones (excluding diaryl/α,β-unsaturated/α-hetero) is 1. The number of phenolic OH excluding ortho intramolecular Hbond substituents is 1. The lowest BCUT2D eigenvalue weighted by molar-refractivity contribution is -0.119. The number of nitrogens with one attached hydrogen (secondary N) is 1. The molecule has 0 saturated heterocycles. The summed E-state index contributed by atoms with van der Waals surface area (Å²) in [6.45, 7) is 1.40. The van der Waals surface area contributed by atoms with Gasteiger partial charge < -0.3 is 15.2 Å². The number of phenols is 1. The molecule has 9 nitrogen and oxygen atoms in total. The van der Waals surface area contributed by atoms with Crippen molar-refractivity contribution in [3.63, 3.8) is 0 Å². The molecule has 198 valence electrons. The topological polar surface area (TPSA) is 128 Å². The summed E-state index contributed by atoms with van der Waals surface area (Å²) in [6.07, 6.45) is 0.601. The van der Waals surface area contributed by atoms with Gasteiger partial charge in [0.1, 0.15) is 11.8 Å². The van der Waals surface area contributed by atoms with Gasteiger partial charge in [-0.25, -0.2) is 4.68 Å². The third-order valence-electron chi connectivity index (χ3n) is 6.06. The molecule has 1 aromatic heterocycles. The highest BCUT2D eigenvalue weighted by atomic mass is 35.5. The molecule has 3 aromatic carbocycles. The number of aldehydes is 1. The number of rotatable bonds is 9. The smallest absolute Gasteiger partial charge is 0.268 e. The number of hydrogen-bond acceptors (Lipinski definition) is 7. The summed E-state index contributed by atoms with van der Waals surface area (Å²) in [5.41, 5.74) is 1.39. The van der Waals surface area contributed by atoms with Crippen molar-refractivity contribution in [2.24, 2.45) is 0 Å². The van der Waals surface area contributed by atoms with Crippen molar-refractivity contribution in [1.82, 2.24) is 9.78 Å². The average molecular weight is 546 g/mol. The van der Waals surface area contributed by atoms with E-state index in [0.717, 1.165) is 10.2 Å². The Morgan fingerprint density at radius 2 is 1.82 bits per heavy atom. The number of carbonyl (C=O) groups excluding carboxylic acids is 3. The minimum Gasteiger partial charge on any atom is -0.507 e. The lowest BCUT2D eigenvalue weighted by atomic mass is 9.98. The van der Waals surface area contributed by atoms with Crippen LogP contribution in [0.2, 0.25) is 5.02 Å². The zero-order chi connectivity index (χ0) is 28.1. The minimum absolute atomic E-state index is 0.0122. The van der Waals surface area contributed by atoms with Crippen LogP contribution in [-0.4, -0.2) is 40.0 Å². The highest BCUT2D eigenvalue weighted by Crippen LogP contribution is 2.33. The van der Waals surface area contributed by atoms with E-state index in [-0.39, 0.29) is 40.6 Å². The van der Waals surface area contributed by atoms with Gasteiger partial charge in [-0.15, -0.1) is 5.10 Å². The molecule has 0 bridgehead atoms. The molecule has 4 aromatic rings. The van der Waals surface area contributed by atoms with Crippen molar-refractivity contribution < 1.29 is 24.2 Å². The van der Waals surface area contributed by atoms with Crippen LogP contribution in [0, 0.1) is 0 Å². The van der Waals surface area contributed by atoms with Crippen LogP contribution < -0.4 is 15.6 Å². The Morgan fingerprint density at radius 3 is 2.46 bits per heavy atom. The van der Waals surface area contributed by atoms with Crippen LogP contribution in [0.3, 0.4) is 0 Å². The maximum atomic E-state index is 13.5. The van der Waals surface area contributed by atoms with E-state index in [0.29, 0.717) is 22.4 Å². The molecule has 4 rings (SSSR count). The number of carbonyl (C=O) groups is 3. The van der Waals surface area contributed by atoms with E-state index >= 15 is 0 Å². The lowest BCUT2D eigenvalue weighted by Gasteiger charge is -2.20. The molecule has 1 atom stereocenters. The van der Waals surface area contributed by atoms with E-state index in [1.54, 1.807) is 18.2 Å². The normalized spacial score (nSPS) is 11.5. The largest absolute Gasteiger partial charge is 0.507 e. The molecule has 10 heteroatoms. The van der Waals surface area contributed by atoms with Crippen LogP contribution in [0.15, 0.2) is 77.6 Å². The van der Waals surface area contributed by atoms with Crippen molar-refractivity contribution >= 4 is 35.3 Å². The third kappa shape index (κ3) is 6.05. The monoisotopic (exact) mass is 545 g/mol. The molecule has 0 spiro atoms. The van der Waals surface area contributed by atoms with Gasteiger partial charge in [-0.05, 0) is 48.4 Å². The quantitative estimate of drug-likeness (QED) is 0.230. The van der Waals surface area contributed by atoms with Gasteiger partial charge in [-0.3, -0.25) is 19.2 Å². The predicted octanol–water partition coefficient (Wildman–Crippen LogP) is 4.72. The molecular formula is C29H24ClN3O6. The van der Waals surface area contributed by atoms with Crippen molar-refractivity contribution in [2.75, 3.05) is 12.4 Å². The Morgan fingerprint density at radius 1 is 1.08 bits per heavy atom. The summed E-state index contributed by atoms with van der Waals surface area (Å²) in [5, 5.41) is 17.4. The van der Waals surface area contributed by atoms with Crippen molar-refractivity contribution in [3.05, 3.63) is 105 Å². The Labute approximate surface area is 228 Å². The average Bonchev–Trinajstić information content (AvgIpc) is 2.92. The summed E-state index contributed by atoms with van der Waals surface area (Å²) < 4.78 is 6.50. The Balaban J connectivity index is 1.81. The first-order chi connectivity index (χ1) is 18.7. The van der Waals surface area contributed by atoms with Crippen LogP contribution in [-0.2, 0) is 11.2 Å². The first-order valence-corrected chi connectivity index (χ1v) is 12.2. The van der Waals surface area contributed by atoms with Crippen LogP contribution in [0.25, 0.3) is 11.1 Å². The van der Waals surface area contributed by atoms with Gasteiger partial charge in [0.25, 0.3) is 5.56 Å². The number of methoxy groups -OCH3 is 1. The number of amides is 1. The SMILES string of the molecule is COc1nn(C(Cc2ccccc2)C(=O)Nc2ccc(C=O)c(O)c2)c(=O)cc1-c1cc(Cl)ccc1C(C)=O. The van der Waals surface area contributed by atoms with Crippen LogP contribution >= 0.6 is 11.6 Å². The molecule has 1 unspecified atom stereocenters. The van der Waals surface area contributed by atoms with Crippen LogP contribution in [0.4, 0.5) is 5.69 Å². The van der Waals surface area contributed by atoms with Gasteiger partial charge in [-0.1, -0.05) is 41.9 Å². The van der Waals surface area contributed by atoms with Crippen LogP contribution in [0.5, 0.6) is 11.6 Å². The van der Waals surface area contributed by atoms with E-state index in [4.69, 9.17) is 16.3 Å². The molecule has 0 aliphatic carbocycles. The van der Waals surface area contributed by atoms with Crippen molar-refractivity contribution in [2.45, 2.75) is 19.4 Å². The number of anilines is 1. The molecule has 2 N–H and O–H groups in total. The molecule has 0 saturated carbocycles. The van der Waals surface area contributed by atoms with Crippen molar-refractivity contribution in [1.29, 1.82) is 0 Å². The fourth-order valence-corrected chi connectivity index (χ4v) is 4.31. The first kappa shape index (κ1) is 27.3. The second-order valence-electron chi connectivity index (χ2n) is 8.68. The highest BCUT2D eigenvalue weighted by Gasteiger charge is 2.26. The standard InChI is InChI=1S/C29H24ClN3O6/c1-17(35)22-11-9-20(30)13-23(22)24-15-27(37)33(32-29(24)39-2)25(12-18-6-4-3-5-7-18)28(38)31-21-10-8-19(16-34)26(36)14-21/h3-11,13-16,25,36H,12H2,1-2H3,(H,31,38). The molecule has 0 aliphatic heterocycles. The Bertz CT molecular complexity index is 1620. The number of halogens is 1. The summed E-state index contributed by atoms with van der Waals surface area (Å²) >= 11 is 6.18. The van der Waals surface area contributed by atoms with Gasteiger partial charge in [0.05, 0.1) is 18.2 Å². The molecule has 1 amide bonds. The second kappa shape index (κ2) is 11.7. The number of ether oxygens (including phenoxy) is 1. The summed E-state index contributed by atoms with van der Waals surface area (Å²) in [4.78, 5) is 50.2. The van der Waals surface area contributed by atoms with Gasteiger partial charge >= 0.3 is 0 Å². The zero-order valence-corrected chi connectivity index (χ0v) is 21.8. The predicted molar refractivity (Wildman–Crippen MR) is 147 cm³/mol. The molecule has 1 heterocycles. The summed E-state index contributed by atoms with van der Waals surface area (Å²) in [7, 11) is 1.36. The molecule has 0 aliphatic rings. The Hall–Kier alpha value is -4.76. The van der Waals surface area contributed by atoms with E-state index in [1.807, 2.05) is 30.3 Å². The zero-order valence-electron chi connectivity index (χ0n) is 21.1. The summed E-state index contributed by atoms with van der Waals surface area (Å²) in [5.74, 6) is -1.11.